The first-order valence-corrected chi connectivity index (χ1v) is 8.24. The Kier molecular flexibility index (Phi) is 6.40. The normalized spacial score (nSPS) is 17.2. The van der Waals surface area contributed by atoms with Crippen LogP contribution in [0.25, 0.3) is 0 Å². The highest BCUT2D eigenvalue weighted by Gasteiger charge is 2.32. The number of carboxylic acids is 1. The molecule has 8 heteroatoms. The molecule has 25 heavy (non-hydrogen) atoms. The van der Waals surface area contributed by atoms with Gasteiger partial charge in [-0.3, -0.25) is 14.6 Å². The van der Waals surface area contributed by atoms with E-state index in [2.05, 4.69) is 0 Å². The molecule has 0 unspecified atom stereocenters. The maximum absolute atomic E-state index is 13.5. The maximum Gasteiger partial charge on any atom is 0.416 e. The fourth-order valence-corrected chi connectivity index (χ4v) is 3.28. The monoisotopic (exact) mass is 362 g/mol. The van der Waals surface area contributed by atoms with Crippen LogP contribution in [0.5, 0.6) is 0 Å². The molecule has 0 aliphatic carbocycles. The SMILES string of the molecule is CCN(CC(=O)O)C1CCN(Cc2cc(F)cc(C(F)(F)F)c2)CC1. The Hall–Kier alpha value is -1.67. The zero-order chi connectivity index (χ0) is 18.6. The summed E-state index contributed by atoms with van der Waals surface area (Å²) < 4.78 is 51.8. The molecule has 2 rings (SSSR count). The molecule has 0 atom stereocenters. The summed E-state index contributed by atoms with van der Waals surface area (Å²) in [6, 6.07) is 2.76. The number of nitrogens with zero attached hydrogens (tertiary/aromatic N) is 2. The number of likely N-dealkylation sites (N-methyl/N-ethyl adjacent to an activating group) is 1. The summed E-state index contributed by atoms with van der Waals surface area (Å²) in [6.07, 6.45) is -3.09. The van der Waals surface area contributed by atoms with Crippen molar-refractivity contribution in [1.29, 1.82) is 0 Å². The molecule has 1 aromatic rings. The lowest BCUT2D eigenvalue weighted by Gasteiger charge is -2.37. The number of piperidine rings is 1. The van der Waals surface area contributed by atoms with Crippen molar-refractivity contribution in [3.8, 4) is 0 Å². The molecule has 1 aliphatic rings. The number of likely N-dealkylation sites (tertiary alicyclic amines) is 1. The van der Waals surface area contributed by atoms with Crippen LogP contribution in [-0.2, 0) is 17.5 Å². The third-order valence-electron chi connectivity index (χ3n) is 4.51. The van der Waals surface area contributed by atoms with Crippen LogP contribution in [0.2, 0.25) is 0 Å². The Bertz CT molecular complexity index is 599. The van der Waals surface area contributed by atoms with Gasteiger partial charge >= 0.3 is 12.1 Å². The van der Waals surface area contributed by atoms with Crippen molar-refractivity contribution in [2.24, 2.45) is 0 Å². The van der Waals surface area contributed by atoms with Crippen LogP contribution in [0.4, 0.5) is 17.6 Å². The summed E-state index contributed by atoms with van der Waals surface area (Å²) in [6.45, 7) is 4.05. The topological polar surface area (TPSA) is 43.8 Å². The lowest BCUT2D eigenvalue weighted by molar-refractivity contribution is -0.139. The molecule has 1 saturated heterocycles. The van der Waals surface area contributed by atoms with Gasteiger partial charge in [-0.15, -0.1) is 0 Å². The van der Waals surface area contributed by atoms with Gasteiger partial charge in [-0.25, -0.2) is 4.39 Å². The Morgan fingerprint density at radius 1 is 1.28 bits per heavy atom. The first kappa shape index (κ1) is 19.7. The highest BCUT2D eigenvalue weighted by molar-refractivity contribution is 5.69. The summed E-state index contributed by atoms with van der Waals surface area (Å²) >= 11 is 0. The number of hydrogen-bond acceptors (Lipinski definition) is 3. The number of aliphatic carboxylic acids is 1. The fourth-order valence-electron chi connectivity index (χ4n) is 3.28. The van der Waals surface area contributed by atoms with Gasteiger partial charge in [0.2, 0.25) is 0 Å². The molecule has 0 aromatic heterocycles. The molecule has 0 amide bonds. The minimum absolute atomic E-state index is 0.0139. The molecule has 1 fully saturated rings. The predicted molar refractivity (Wildman–Crippen MR) is 84.6 cm³/mol. The second-order valence-corrected chi connectivity index (χ2v) is 6.31. The van der Waals surface area contributed by atoms with E-state index in [0.717, 1.165) is 25.0 Å². The maximum atomic E-state index is 13.5. The predicted octanol–water partition coefficient (Wildman–Crippen LogP) is 3.22. The van der Waals surface area contributed by atoms with Gasteiger partial charge in [0.05, 0.1) is 12.1 Å². The molecule has 1 aliphatic heterocycles. The van der Waals surface area contributed by atoms with Crippen molar-refractivity contribution >= 4 is 5.97 Å². The molecule has 140 valence electrons. The van der Waals surface area contributed by atoms with E-state index in [1.807, 2.05) is 16.7 Å². The summed E-state index contributed by atoms with van der Waals surface area (Å²) in [7, 11) is 0. The van der Waals surface area contributed by atoms with Gasteiger partial charge in [-0.05, 0) is 56.2 Å². The van der Waals surface area contributed by atoms with E-state index in [4.69, 9.17) is 5.11 Å². The number of rotatable bonds is 6. The van der Waals surface area contributed by atoms with Crippen molar-refractivity contribution in [3.05, 3.63) is 35.1 Å². The highest BCUT2D eigenvalue weighted by Crippen LogP contribution is 2.31. The lowest BCUT2D eigenvalue weighted by Crippen LogP contribution is -2.46. The van der Waals surface area contributed by atoms with E-state index < -0.39 is 23.5 Å². The molecule has 1 N–H and O–H groups in total. The Morgan fingerprint density at radius 3 is 2.44 bits per heavy atom. The number of halogens is 4. The van der Waals surface area contributed by atoms with Crippen molar-refractivity contribution in [2.75, 3.05) is 26.2 Å². The Labute approximate surface area is 144 Å². The van der Waals surface area contributed by atoms with Gasteiger partial charge in [-0.1, -0.05) is 6.92 Å². The van der Waals surface area contributed by atoms with E-state index >= 15 is 0 Å². The average molecular weight is 362 g/mol. The minimum atomic E-state index is -4.57. The minimum Gasteiger partial charge on any atom is -0.480 e. The van der Waals surface area contributed by atoms with Crippen LogP contribution in [0.15, 0.2) is 18.2 Å². The van der Waals surface area contributed by atoms with E-state index in [1.165, 1.54) is 0 Å². The molecule has 4 nitrogen and oxygen atoms in total. The number of alkyl halides is 3. The molecule has 0 radical (unpaired) electrons. The highest BCUT2D eigenvalue weighted by atomic mass is 19.4. The molecule has 1 heterocycles. The van der Waals surface area contributed by atoms with Crippen LogP contribution in [-0.4, -0.2) is 53.1 Å². The average Bonchev–Trinajstić information content (AvgIpc) is 2.52. The molecule has 0 spiro atoms. The van der Waals surface area contributed by atoms with Gasteiger partial charge in [0.1, 0.15) is 5.82 Å². The molecule has 0 bridgehead atoms. The third-order valence-corrected chi connectivity index (χ3v) is 4.51. The number of carboxylic acid groups (broad SMARTS) is 1. The van der Waals surface area contributed by atoms with Gasteiger partial charge in [0, 0.05) is 12.6 Å². The summed E-state index contributed by atoms with van der Waals surface area (Å²) in [5.41, 5.74) is -0.681. The second-order valence-electron chi connectivity index (χ2n) is 6.31. The van der Waals surface area contributed by atoms with E-state index in [0.29, 0.717) is 31.3 Å². The van der Waals surface area contributed by atoms with Crippen LogP contribution in [0, 0.1) is 5.82 Å². The van der Waals surface area contributed by atoms with Crippen LogP contribution in [0.1, 0.15) is 30.9 Å². The van der Waals surface area contributed by atoms with Gasteiger partial charge in [0.25, 0.3) is 0 Å². The fraction of sp³-hybridized carbons (Fsp3) is 0.588. The zero-order valence-electron chi connectivity index (χ0n) is 14.0. The summed E-state index contributed by atoms with van der Waals surface area (Å²) in [5, 5.41) is 8.93. The van der Waals surface area contributed by atoms with Crippen molar-refractivity contribution < 1.29 is 27.5 Å². The number of carbonyl (C=O) groups is 1. The first-order valence-electron chi connectivity index (χ1n) is 8.24. The second kappa shape index (κ2) is 8.14. The van der Waals surface area contributed by atoms with Gasteiger partial charge in [-0.2, -0.15) is 13.2 Å². The zero-order valence-corrected chi connectivity index (χ0v) is 14.0. The standard InChI is InChI=1S/C17H22F4N2O2/c1-2-23(11-16(24)25)15-3-5-22(6-4-15)10-12-7-13(17(19,20)21)9-14(18)8-12/h7-9,15H,2-6,10-11H2,1H3,(H,24,25). The lowest BCUT2D eigenvalue weighted by atomic mass is 10.0. The molecular formula is C17H22F4N2O2. The van der Waals surface area contributed by atoms with E-state index in [1.54, 1.807) is 0 Å². The van der Waals surface area contributed by atoms with Crippen molar-refractivity contribution in [2.45, 2.75) is 38.5 Å². The molecular weight excluding hydrogens is 340 g/mol. The smallest absolute Gasteiger partial charge is 0.416 e. The number of benzene rings is 1. The largest absolute Gasteiger partial charge is 0.480 e. The quantitative estimate of drug-likeness (QED) is 0.790. The Morgan fingerprint density at radius 2 is 1.92 bits per heavy atom. The van der Waals surface area contributed by atoms with E-state index in [9.17, 15) is 22.4 Å². The van der Waals surface area contributed by atoms with Crippen LogP contribution < -0.4 is 0 Å². The van der Waals surface area contributed by atoms with Crippen molar-refractivity contribution in [1.82, 2.24) is 9.80 Å². The molecule has 1 aromatic carbocycles. The van der Waals surface area contributed by atoms with Crippen LogP contribution >= 0.6 is 0 Å². The van der Waals surface area contributed by atoms with Gasteiger partial charge in [0.15, 0.2) is 0 Å². The summed E-state index contributed by atoms with van der Waals surface area (Å²) in [5.74, 6) is -1.76. The third kappa shape index (κ3) is 5.67. The van der Waals surface area contributed by atoms with E-state index in [-0.39, 0.29) is 19.1 Å². The van der Waals surface area contributed by atoms with Crippen molar-refractivity contribution in [3.63, 3.8) is 0 Å². The summed E-state index contributed by atoms with van der Waals surface area (Å²) in [4.78, 5) is 14.7. The number of hydrogen-bond donors (Lipinski definition) is 1. The molecule has 0 saturated carbocycles. The Balaban J connectivity index is 1.96. The first-order chi connectivity index (χ1) is 11.7. The van der Waals surface area contributed by atoms with Gasteiger partial charge < -0.3 is 5.11 Å². The van der Waals surface area contributed by atoms with Crippen LogP contribution in [0.3, 0.4) is 0 Å².